The quantitative estimate of drug-likeness (QED) is 0.657. The summed E-state index contributed by atoms with van der Waals surface area (Å²) >= 11 is 0. The van der Waals surface area contributed by atoms with Gasteiger partial charge in [0.05, 0.1) is 10.4 Å². The van der Waals surface area contributed by atoms with Gasteiger partial charge in [0.25, 0.3) is 5.69 Å². The van der Waals surface area contributed by atoms with Gasteiger partial charge in [0.1, 0.15) is 5.60 Å². The zero-order chi connectivity index (χ0) is 18.2. The van der Waals surface area contributed by atoms with Crippen LogP contribution < -0.4 is 0 Å². The smallest absolute Gasteiger partial charge is 0.410 e. The number of nitrogens with zero attached hydrogens (tertiary/aromatic N) is 2. The number of benzene rings is 1. The summed E-state index contributed by atoms with van der Waals surface area (Å²) in [5.74, 6) is 0. The number of nitrogens with one attached hydrogen (secondary N) is 1. The third kappa shape index (κ3) is 3.65. The highest BCUT2D eigenvalue weighted by atomic mass is 16.6. The Balaban J connectivity index is 1.79. The average molecular weight is 343 g/mol. The number of ether oxygens (including phenoxy) is 1. The zero-order valence-electron chi connectivity index (χ0n) is 14.5. The lowest BCUT2D eigenvalue weighted by Gasteiger charge is -2.29. The van der Waals surface area contributed by atoms with Gasteiger partial charge < -0.3 is 14.6 Å². The molecule has 0 spiro atoms. The minimum Gasteiger partial charge on any atom is -0.444 e. The molecular weight excluding hydrogens is 322 g/mol. The maximum absolute atomic E-state index is 12.1. The van der Waals surface area contributed by atoms with Gasteiger partial charge in [-0.1, -0.05) is 6.08 Å². The van der Waals surface area contributed by atoms with Crippen molar-refractivity contribution in [1.82, 2.24) is 9.88 Å². The van der Waals surface area contributed by atoms with Crippen LogP contribution in [0.5, 0.6) is 0 Å². The Bertz CT molecular complexity index is 861. The van der Waals surface area contributed by atoms with Crippen LogP contribution in [0.3, 0.4) is 0 Å². The molecule has 1 aliphatic heterocycles. The lowest BCUT2D eigenvalue weighted by Crippen LogP contribution is -2.39. The van der Waals surface area contributed by atoms with Crippen molar-refractivity contribution in [3.63, 3.8) is 0 Å². The average Bonchev–Trinajstić information content (AvgIpc) is 2.96. The number of H-pyrrole nitrogens is 1. The number of aromatic nitrogens is 1. The van der Waals surface area contributed by atoms with E-state index in [2.05, 4.69) is 4.98 Å². The van der Waals surface area contributed by atoms with Crippen LogP contribution in [0.2, 0.25) is 0 Å². The minimum atomic E-state index is -0.507. The van der Waals surface area contributed by atoms with Crippen LogP contribution >= 0.6 is 0 Å². The summed E-state index contributed by atoms with van der Waals surface area (Å²) in [6.45, 7) is 6.62. The van der Waals surface area contributed by atoms with Gasteiger partial charge in [-0.3, -0.25) is 10.1 Å². The molecule has 0 fully saturated rings. The Morgan fingerprint density at radius 2 is 2.12 bits per heavy atom. The van der Waals surface area contributed by atoms with Gasteiger partial charge in [0.2, 0.25) is 0 Å². The van der Waals surface area contributed by atoms with Crippen LogP contribution in [0, 0.1) is 10.1 Å². The van der Waals surface area contributed by atoms with Crippen LogP contribution in [0.15, 0.2) is 30.5 Å². The fourth-order valence-electron chi connectivity index (χ4n) is 2.90. The van der Waals surface area contributed by atoms with E-state index in [4.69, 9.17) is 4.74 Å². The van der Waals surface area contributed by atoms with Gasteiger partial charge in [0, 0.05) is 42.4 Å². The predicted molar refractivity (Wildman–Crippen MR) is 95.4 cm³/mol. The third-order valence-electron chi connectivity index (χ3n) is 4.08. The second-order valence-corrected chi connectivity index (χ2v) is 7.10. The van der Waals surface area contributed by atoms with Gasteiger partial charge in [-0.05, 0) is 38.8 Å². The van der Waals surface area contributed by atoms with E-state index in [0.717, 1.165) is 22.0 Å². The lowest BCUT2D eigenvalue weighted by molar-refractivity contribution is -0.384. The van der Waals surface area contributed by atoms with E-state index in [0.29, 0.717) is 19.5 Å². The predicted octanol–water partition coefficient (Wildman–Crippen LogP) is 4.10. The highest BCUT2D eigenvalue weighted by molar-refractivity contribution is 5.94. The molecular formula is C18H21N3O4. The second-order valence-electron chi connectivity index (χ2n) is 7.10. The molecule has 1 N–H and O–H groups in total. The van der Waals surface area contributed by atoms with E-state index in [-0.39, 0.29) is 11.8 Å². The van der Waals surface area contributed by atoms with E-state index in [1.807, 2.05) is 33.0 Å². The van der Waals surface area contributed by atoms with Crippen molar-refractivity contribution in [2.24, 2.45) is 0 Å². The van der Waals surface area contributed by atoms with Crippen molar-refractivity contribution >= 4 is 28.3 Å². The molecule has 0 radical (unpaired) electrons. The molecule has 2 heterocycles. The van der Waals surface area contributed by atoms with Gasteiger partial charge in [0.15, 0.2) is 0 Å². The first-order valence-corrected chi connectivity index (χ1v) is 8.17. The summed E-state index contributed by atoms with van der Waals surface area (Å²) in [4.78, 5) is 27.4. The van der Waals surface area contributed by atoms with Crippen molar-refractivity contribution in [2.45, 2.75) is 32.8 Å². The molecule has 0 saturated carbocycles. The molecule has 0 aliphatic carbocycles. The van der Waals surface area contributed by atoms with Crippen LogP contribution in [0.4, 0.5) is 10.5 Å². The van der Waals surface area contributed by atoms with Gasteiger partial charge in [-0.2, -0.15) is 0 Å². The van der Waals surface area contributed by atoms with Gasteiger partial charge in [-0.15, -0.1) is 0 Å². The number of nitro groups is 1. The molecule has 1 amide bonds. The van der Waals surface area contributed by atoms with Crippen LogP contribution in [-0.4, -0.2) is 39.6 Å². The van der Waals surface area contributed by atoms with Gasteiger partial charge in [-0.25, -0.2) is 4.79 Å². The minimum absolute atomic E-state index is 0.0645. The number of non-ortho nitro benzene ring substituents is 1. The summed E-state index contributed by atoms with van der Waals surface area (Å²) in [5, 5.41) is 11.8. The Labute approximate surface area is 145 Å². The third-order valence-corrected chi connectivity index (χ3v) is 4.08. The van der Waals surface area contributed by atoms with Crippen LogP contribution in [0.1, 0.15) is 32.8 Å². The first-order chi connectivity index (χ1) is 11.7. The molecule has 0 saturated heterocycles. The Hall–Kier alpha value is -2.83. The Morgan fingerprint density at radius 3 is 2.72 bits per heavy atom. The van der Waals surface area contributed by atoms with Crippen LogP contribution in [0.25, 0.3) is 16.5 Å². The monoisotopic (exact) mass is 343 g/mol. The normalized spacial score (nSPS) is 15.2. The molecule has 0 unspecified atom stereocenters. The number of fused-ring (bicyclic) bond motifs is 1. The number of hydrogen-bond donors (Lipinski definition) is 1. The van der Waals surface area contributed by atoms with Crippen molar-refractivity contribution in [2.75, 3.05) is 13.1 Å². The van der Waals surface area contributed by atoms with E-state index >= 15 is 0 Å². The maximum atomic E-state index is 12.1. The summed E-state index contributed by atoms with van der Waals surface area (Å²) in [6.07, 6.45) is 4.28. The number of aromatic amines is 1. The lowest BCUT2D eigenvalue weighted by atomic mass is 9.99. The first kappa shape index (κ1) is 17.0. The molecule has 0 bridgehead atoms. The largest absolute Gasteiger partial charge is 0.444 e. The second kappa shape index (κ2) is 6.23. The fraction of sp³-hybridized carbons (Fsp3) is 0.389. The zero-order valence-corrected chi connectivity index (χ0v) is 14.5. The standard InChI is InChI=1S/C18H21N3O4/c1-18(2,3)25-17(22)20-8-6-12(7-9-20)15-11-19-16-10-13(21(23)24)4-5-14(15)16/h4-6,10-11,19H,7-9H2,1-3H3. The highest BCUT2D eigenvalue weighted by Gasteiger charge is 2.24. The number of carbonyl (C=O) groups is 1. The van der Waals surface area contributed by atoms with Gasteiger partial charge >= 0.3 is 6.09 Å². The molecule has 1 aromatic carbocycles. The molecule has 7 heteroatoms. The maximum Gasteiger partial charge on any atom is 0.410 e. The Morgan fingerprint density at radius 1 is 1.36 bits per heavy atom. The molecule has 2 aromatic rings. The summed E-state index contributed by atoms with van der Waals surface area (Å²) in [5.41, 5.74) is 2.44. The number of hydrogen-bond acceptors (Lipinski definition) is 4. The molecule has 1 aromatic heterocycles. The van der Waals surface area contributed by atoms with E-state index < -0.39 is 10.5 Å². The molecule has 25 heavy (non-hydrogen) atoms. The van der Waals surface area contributed by atoms with Crippen molar-refractivity contribution in [3.8, 4) is 0 Å². The number of amides is 1. The molecule has 7 nitrogen and oxygen atoms in total. The Kier molecular flexibility index (Phi) is 4.24. The molecule has 0 atom stereocenters. The molecule has 1 aliphatic rings. The SMILES string of the molecule is CC(C)(C)OC(=O)N1CC=C(c2c[nH]c3cc([N+](=O)[O-])ccc23)CC1. The molecule has 3 rings (SSSR count). The van der Waals surface area contributed by atoms with Crippen molar-refractivity contribution < 1.29 is 14.5 Å². The summed E-state index contributed by atoms with van der Waals surface area (Å²) < 4.78 is 5.40. The summed E-state index contributed by atoms with van der Waals surface area (Å²) in [7, 11) is 0. The van der Waals surface area contributed by atoms with E-state index in [9.17, 15) is 14.9 Å². The van der Waals surface area contributed by atoms with E-state index in [1.54, 1.807) is 11.0 Å². The van der Waals surface area contributed by atoms with Crippen LogP contribution in [-0.2, 0) is 4.74 Å². The van der Waals surface area contributed by atoms with E-state index in [1.165, 1.54) is 12.1 Å². The number of nitro benzene ring substituents is 1. The van der Waals surface area contributed by atoms with Crippen molar-refractivity contribution in [1.29, 1.82) is 0 Å². The first-order valence-electron chi connectivity index (χ1n) is 8.17. The fourth-order valence-corrected chi connectivity index (χ4v) is 2.90. The highest BCUT2D eigenvalue weighted by Crippen LogP contribution is 2.31. The topological polar surface area (TPSA) is 88.5 Å². The number of rotatable bonds is 2. The molecule has 132 valence electrons. The van der Waals surface area contributed by atoms with Crippen molar-refractivity contribution in [3.05, 3.63) is 46.1 Å². The summed E-state index contributed by atoms with van der Waals surface area (Å²) in [6, 6.07) is 4.81. The number of carbonyl (C=O) groups excluding carboxylic acids is 1.